The summed E-state index contributed by atoms with van der Waals surface area (Å²) in [6.07, 6.45) is 3.16. The van der Waals surface area contributed by atoms with Crippen LogP contribution in [0.5, 0.6) is 5.88 Å². The van der Waals surface area contributed by atoms with Crippen molar-refractivity contribution in [2.24, 2.45) is 0 Å². The maximum atomic E-state index is 5.76. The number of rotatable bonds is 5. The molecular formula is C22H29N3O. The van der Waals surface area contributed by atoms with E-state index in [1.54, 1.807) is 0 Å². The Morgan fingerprint density at radius 1 is 1.04 bits per heavy atom. The summed E-state index contributed by atoms with van der Waals surface area (Å²) in [6, 6.07) is 6.72. The molecule has 4 heteroatoms. The van der Waals surface area contributed by atoms with Crippen LogP contribution >= 0.6 is 0 Å². The van der Waals surface area contributed by atoms with Crippen molar-refractivity contribution in [3.63, 3.8) is 0 Å². The molecule has 0 amide bonds. The highest BCUT2D eigenvalue weighted by Crippen LogP contribution is 2.31. The summed E-state index contributed by atoms with van der Waals surface area (Å²) < 4.78 is 8.06. The van der Waals surface area contributed by atoms with Crippen LogP contribution in [0.1, 0.15) is 57.5 Å². The van der Waals surface area contributed by atoms with Gasteiger partial charge in [-0.2, -0.15) is 0 Å². The second-order valence-corrected chi connectivity index (χ2v) is 7.50. The van der Waals surface area contributed by atoms with Gasteiger partial charge in [0, 0.05) is 23.9 Å². The summed E-state index contributed by atoms with van der Waals surface area (Å²) in [7, 11) is 0. The molecule has 0 saturated carbocycles. The van der Waals surface area contributed by atoms with E-state index in [0.29, 0.717) is 11.9 Å². The lowest BCUT2D eigenvalue weighted by molar-refractivity contribution is 0.232. The van der Waals surface area contributed by atoms with Gasteiger partial charge in [-0.25, -0.2) is 9.97 Å². The maximum Gasteiger partial charge on any atom is 0.213 e. The minimum absolute atomic E-state index is 0.118. The fraction of sp³-hybridized carbons (Fsp3) is 0.455. The lowest BCUT2D eigenvalue weighted by Gasteiger charge is -2.15. The molecule has 26 heavy (non-hydrogen) atoms. The molecule has 0 aromatic carbocycles. The molecule has 3 heterocycles. The topological polar surface area (TPSA) is 39.9 Å². The van der Waals surface area contributed by atoms with Gasteiger partial charge < -0.3 is 9.30 Å². The molecule has 0 unspecified atom stereocenters. The van der Waals surface area contributed by atoms with Crippen molar-refractivity contribution in [1.82, 2.24) is 14.5 Å². The first-order valence-electron chi connectivity index (χ1n) is 9.47. The molecule has 0 radical (unpaired) electrons. The first-order chi connectivity index (χ1) is 12.3. The zero-order chi connectivity index (χ0) is 19.0. The van der Waals surface area contributed by atoms with Crippen LogP contribution in [0.4, 0.5) is 0 Å². The van der Waals surface area contributed by atoms with Gasteiger partial charge in [-0.1, -0.05) is 6.92 Å². The van der Waals surface area contributed by atoms with Gasteiger partial charge in [0.25, 0.3) is 0 Å². The van der Waals surface area contributed by atoms with Crippen LogP contribution in [0.2, 0.25) is 0 Å². The van der Waals surface area contributed by atoms with Gasteiger partial charge in [0.1, 0.15) is 0 Å². The van der Waals surface area contributed by atoms with Crippen LogP contribution < -0.4 is 4.74 Å². The molecule has 0 spiro atoms. The SMILES string of the molecule is CCc1nc(OC(C)C)ccc1-c1nc2c(C)cn(C(C)C)c2cc1C. The molecule has 0 aliphatic carbocycles. The second-order valence-electron chi connectivity index (χ2n) is 7.50. The third-order valence-corrected chi connectivity index (χ3v) is 4.63. The van der Waals surface area contributed by atoms with Gasteiger partial charge in [-0.05, 0) is 71.2 Å². The fourth-order valence-electron chi connectivity index (χ4n) is 3.40. The molecule has 0 N–H and O–H groups in total. The lowest BCUT2D eigenvalue weighted by atomic mass is 10.0. The number of aryl methyl sites for hydroxylation is 3. The first-order valence-corrected chi connectivity index (χ1v) is 9.47. The van der Waals surface area contributed by atoms with E-state index < -0.39 is 0 Å². The van der Waals surface area contributed by atoms with Crippen molar-refractivity contribution < 1.29 is 4.74 Å². The quantitative estimate of drug-likeness (QED) is 0.597. The third-order valence-electron chi connectivity index (χ3n) is 4.63. The monoisotopic (exact) mass is 351 g/mol. The van der Waals surface area contributed by atoms with E-state index >= 15 is 0 Å². The third kappa shape index (κ3) is 3.33. The Kier molecular flexibility index (Phi) is 5.03. The second kappa shape index (κ2) is 7.10. The molecular weight excluding hydrogens is 322 g/mol. The lowest BCUT2D eigenvalue weighted by Crippen LogP contribution is -2.08. The van der Waals surface area contributed by atoms with Gasteiger partial charge in [-0.3, -0.25) is 0 Å². The van der Waals surface area contributed by atoms with E-state index in [-0.39, 0.29) is 6.10 Å². The zero-order valence-corrected chi connectivity index (χ0v) is 16.9. The highest BCUT2D eigenvalue weighted by Gasteiger charge is 2.16. The molecule has 138 valence electrons. The van der Waals surface area contributed by atoms with E-state index in [9.17, 15) is 0 Å². The van der Waals surface area contributed by atoms with E-state index in [0.717, 1.165) is 28.9 Å². The molecule has 0 aliphatic heterocycles. The number of pyridine rings is 2. The highest BCUT2D eigenvalue weighted by atomic mass is 16.5. The average molecular weight is 351 g/mol. The van der Waals surface area contributed by atoms with Crippen molar-refractivity contribution in [3.8, 4) is 17.1 Å². The Hall–Kier alpha value is -2.36. The van der Waals surface area contributed by atoms with Gasteiger partial charge in [0.15, 0.2) is 0 Å². The van der Waals surface area contributed by atoms with E-state index in [2.05, 4.69) is 57.5 Å². The number of hydrogen-bond donors (Lipinski definition) is 0. The summed E-state index contributed by atoms with van der Waals surface area (Å²) in [5.74, 6) is 0.682. The Balaban J connectivity index is 2.16. The Labute approximate surface area is 156 Å². The highest BCUT2D eigenvalue weighted by molar-refractivity contribution is 5.84. The van der Waals surface area contributed by atoms with E-state index in [1.165, 1.54) is 16.6 Å². The van der Waals surface area contributed by atoms with Crippen LogP contribution in [-0.4, -0.2) is 20.6 Å². The molecule has 4 nitrogen and oxygen atoms in total. The molecule has 3 rings (SSSR count). The molecule has 0 bridgehead atoms. The molecule has 3 aromatic heterocycles. The number of aromatic nitrogens is 3. The predicted octanol–water partition coefficient (Wildman–Crippen LogP) is 5.65. The van der Waals surface area contributed by atoms with E-state index in [4.69, 9.17) is 14.7 Å². The predicted molar refractivity (Wildman–Crippen MR) is 108 cm³/mol. The van der Waals surface area contributed by atoms with Gasteiger partial charge in [0.05, 0.1) is 28.5 Å². The Morgan fingerprint density at radius 2 is 1.77 bits per heavy atom. The smallest absolute Gasteiger partial charge is 0.213 e. The van der Waals surface area contributed by atoms with Crippen LogP contribution in [0.15, 0.2) is 24.4 Å². The van der Waals surface area contributed by atoms with Crippen molar-refractivity contribution >= 4 is 11.0 Å². The van der Waals surface area contributed by atoms with Crippen LogP contribution in [0.25, 0.3) is 22.3 Å². The molecule has 0 aliphatic rings. The normalized spacial score (nSPS) is 11.7. The average Bonchev–Trinajstić information content (AvgIpc) is 2.90. The maximum absolute atomic E-state index is 5.76. The van der Waals surface area contributed by atoms with Gasteiger partial charge in [0.2, 0.25) is 5.88 Å². The van der Waals surface area contributed by atoms with Crippen molar-refractivity contribution in [2.45, 2.75) is 67.0 Å². The summed E-state index contributed by atoms with van der Waals surface area (Å²) in [5, 5.41) is 0. The summed E-state index contributed by atoms with van der Waals surface area (Å²) in [6.45, 7) is 14.8. The number of fused-ring (bicyclic) bond motifs is 1. The van der Waals surface area contributed by atoms with Gasteiger partial charge >= 0.3 is 0 Å². The molecule has 0 fully saturated rings. The van der Waals surface area contributed by atoms with Gasteiger partial charge in [-0.15, -0.1) is 0 Å². The van der Waals surface area contributed by atoms with E-state index in [1.807, 2.05) is 19.9 Å². The minimum atomic E-state index is 0.118. The standard InChI is InChI=1S/C22H29N3O/c1-8-18-17(9-10-20(23-18)26-14(4)5)21-15(6)11-19-22(24-21)16(7)12-25(19)13(2)3/h9-14H,8H2,1-7H3. The summed E-state index contributed by atoms with van der Waals surface area (Å²) in [5.41, 5.74) is 7.79. The number of hydrogen-bond acceptors (Lipinski definition) is 3. The van der Waals surface area contributed by atoms with Crippen molar-refractivity contribution in [3.05, 3.63) is 41.2 Å². The summed E-state index contributed by atoms with van der Waals surface area (Å²) in [4.78, 5) is 9.76. The Bertz CT molecular complexity index is 938. The molecule has 3 aromatic rings. The minimum Gasteiger partial charge on any atom is -0.475 e. The van der Waals surface area contributed by atoms with Crippen molar-refractivity contribution in [2.75, 3.05) is 0 Å². The Morgan fingerprint density at radius 3 is 2.38 bits per heavy atom. The molecule has 0 atom stereocenters. The number of ether oxygens (including phenoxy) is 1. The first kappa shape index (κ1) is 18.4. The number of nitrogens with zero attached hydrogens (tertiary/aromatic N) is 3. The molecule has 0 saturated heterocycles. The largest absolute Gasteiger partial charge is 0.475 e. The van der Waals surface area contributed by atoms with Crippen molar-refractivity contribution in [1.29, 1.82) is 0 Å². The fourth-order valence-corrected chi connectivity index (χ4v) is 3.40. The van der Waals surface area contributed by atoms with Crippen LogP contribution in [0.3, 0.4) is 0 Å². The zero-order valence-electron chi connectivity index (χ0n) is 16.9. The van der Waals surface area contributed by atoms with Crippen LogP contribution in [0, 0.1) is 13.8 Å². The summed E-state index contributed by atoms with van der Waals surface area (Å²) >= 11 is 0. The van der Waals surface area contributed by atoms with Crippen LogP contribution in [-0.2, 0) is 6.42 Å².